The van der Waals surface area contributed by atoms with Crippen LogP contribution in [0.1, 0.15) is 17.9 Å². The number of carbonyl (C=O) groups is 1. The van der Waals surface area contributed by atoms with Crippen LogP contribution in [-0.4, -0.2) is 60.2 Å². The molecular weight excluding hydrogens is 262 g/mol. The summed E-state index contributed by atoms with van der Waals surface area (Å²) in [5.74, 6) is 0. The van der Waals surface area contributed by atoms with E-state index in [4.69, 9.17) is 0 Å². The summed E-state index contributed by atoms with van der Waals surface area (Å²) in [5, 5.41) is 14.9. The molecule has 2 N–H and O–H groups in total. The topological polar surface area (TPSA) is 55.8 Å². The van der Waals surface area contributed by atoms with E-state index in [1.807, 2.05) is 29.3 Å². The Bertz CT molecular complexity index is 389. The quantitative estimate of drug-likeness (QED) is 0.871. The maximum atomic E-state index is 11.7. The number of carbonyl (C=O) groups excluding carboxylic acids is 1. The zero-order chi connectivity index (χ0) is 13.7. The third-order valence-corrected chi connectivity index (χ3v) is 4.26. The fraction of sp³-hybridized carbons (Fsp3) is 0.615. The van der Waals surface area contributed by atoms with Crippen molar-refractivity contribution in [3.05, 3.63) is 22.4 Å². The largest absolute Gasteiger partial charge is 0.386 e. The van der Waals surface area contributed by atoms with E-state index in [1.54, 1.807) is 11.3 Å². The van der Waals surface area contributed by atoms with Crippen molar-refractivity contribution in [2.24, 2.45) is 0 Å². The molecule has 0 aromatic carbocycles. The van der Waals surface area contributed by atoms with Gasteiger partial charge in [-0.05, 0) is 18.4 Å². The maximum Gasteiger partial charge on any atom is 0.317 e. The van der Waals surface area contributed by atoms with E-state index in [9.17, 15) is 9.90 Å². The lowest BCUT2D eigenvalue weighted by molar-refractivity contribution is 0.0828. The third-order valence-electron chi connectivity index (χ3n) is 3.29. The molecule has 1 aromatic heterocycles. The van der Waals surface area contributed by atoms with E-state index in [1.165, 1.54) is 0 Å². The molecule has 1 aliphatic heterocycles. The van der Waals surface area contributed by atoms with Gasteiger partial charge in [-0.25, -0.2) is 4.79 Å². The highest BCUT2D eigenvalue weighted by atomic mass is 32.1. The van der Waals surface area contributed by atoms with E-state index in [0.29, 0.717) is 13.1 Å². The van der Waals surface area contributed by atoms with Gasteiger partial charge in [0.15, 0.2) is 0 Å². The number of urea groups is 1. The van der Waals surface area contributed by atoms with E-state index < -0.39 is 6.10 Å². The molecule has 2 heterocycles. The number of nitrogens with zero attached hydrogens (tertiary/aromatic N) is 2. The van der Waals surface area contributed by atoms with Crippen molar-refractivity contribution in [1.82, 2.24) is 15.1 Å². The predicted octanol–water partition coefficient (Wildman–Crippen LogP) is 1.13. The minimum atomic E-state index is -0.420. The van der Waals surface area contributed by atoms with Crippen LogP contribution < -0.4 is 5.32 Å². The van der Waals surface area contributed by atoms with Crippen LogP contribution in [0.4, 0.5) is 4.79 Å². The van der Waals surface area contributed by atoms with Gasteiger partial charge in [0.1, 0.15) is 6.10 Å². The lowest BCUT2D eigenvalue weighted by Crippen LogP contribution is -2.52. The summed E-state index contributed by atoms with van der Waals surface area (Å²) in [6.07, 6.45) is -0.420. The summed E-state index contributed by atoms with van der Waals surface area (Å²) in [7, 11) is 0. The summed E-state index contributed by atoms with van der Waals surface area (Å²) < 4.78 is 0. The van der Waals surface area contributed by atoms with Crippen molar-refractivity contribution >= 4 is 17.4 Å². The van der Waals surface area contributed by atoms with Crippen molar-refractivity contribution in [3.8, 4) is 0 Å². The molecule has 5 nitrogen and oxygen atoms in total. The zero-order valence-electron chi connectivity index (χ0n) is 11.2. The Balaban J connectivity index is 1.76. The van der Waals surface area contributed by atoms with Crippen LogP contribution in [0.25, 0.3) is 0 Å². The number of aliphatic hydroxyl groups is 1. The van der Waals surface area contributed by atoms with Crippen LogP contribution in [0, 0.1) is 0 Å². The molecule has 1 unspecified atom stereocenters. The number of hydrogen-bond acceptors (Lipinski definition) is 4. The van der Waals surface area contributed by atoms with Gasteiger partial charge < -0.3 is 15.3 Å². The molecule has 6 heteroatoms. The number of rotatable bonds is 4. The Morgan fingerprint density at radius 1 is 1.47 bits per heavy atom. The lowest BCUT2D eigenvalue weighted by Gasteiger charge is -2.35. The Morgan fingerprint density at radius 2 is 2.21 bits per heavy atom. The van der Waals surface area contributed by atoms with Gasteiger partial charge in [-0.3, -0.25) is 4.90 Å². The first kappa shape index (κ1) is 14.3. The second-order valence-electron chi connectivity index (χ2n) is 4.65. The molecular formula is C13H21N3O2S. The second-order valence-corrected chi connectivity index (χ2v) is 5.63. The second kappa shape index (κ2) is 6.88. The average Bonchev–Trinajstić information content (AvgIpc) is 2.94. The van der Waals surface area contributed by atoms with Crippen LogP contribution in [0.2, 0.25) is 0 Å². The van der Waals surface area contributed by atoms with E-state index in [2.05, 4.69) is 10.2 Å². The number of β-amino-alcohol motifs (C(OH)–C–C–N with tert-alkyl or cyclic N) is 1. The van der Waals surface area contributed by atoms with Gasteiger partial charge in [0.05, 0.1) is 0 Å². The molecule has 1 fully saturated rings. The molecule has 106 valence electrons. The number of nitrogens with one attached hydrogen (secondary N) is 1. The highest BCUT2D eigenvalue weighted by Crippen LogP contribution is 2.20. The molecule has 1 saturated heterocycles. The lowest BCUT2D eigenvalue weighted by atomic mass is 10.2. The Kier molecular flexibility index (Phi) is 5.18. The van der Waals surface area contributed by atoms with Gasteiger partial charge in [-0.15, -0.1) is 11.3 Å². The van der Waals surface area contributed by atoms with Gasteiger partial charge >= 0.3 is 6.03 Å². The van der Waals surface area contributed by atoms with Gasteiger partial charge in [0, 0.05) is 44.1 Å². The smallest absolute Gasteiger partial charge is 0.317 e. The van der Waals surface area contributed by atoms with Crippen molar-refractivity contribution in [2.45, 2.75) is 13.0 Å². The number of piperazine rings is 1. The first-order valence-electron chi connectivity index (χ1n) is 6.67. The number of amides is 2. The third kappa shape index (κ3) is 3.92. The highest BCUT2D eigenvalue weighted by molar-refractivity contribution is 7.10. The minimum Gasteiger partial charge on any atom is -0.386 e. The Morgan fingerprint density at radius 3 is 2.79 bits per heavy atom. The van der Waals surface area contributed by atoms with Crippen LogP contribution in [0.5, 0.6) is 0 Å². The molecule has 0 saturated carbocycles. The Labute approximate surface area is 117 Å². The van der Waals surface area contributed by atoms with E-state index >= 15 is 0 Å². The van der Waals surface area contributed by atoms with Crippen LogP contribution in [0.15, 0.2) is 17.5 Å². The minimum absolute atomic E-state index is 0.0148. The van der Waals surface area contributed by atoms with Crippen molar-refractivity contribution in [2.75, 3.05) is 39.3 Å². The molecule has 1 aliphatic rings. The molecule has 0 spiro atoms. The Hall–Kier alpha value is -1.11. The maximum absolute atomic E-state index is 11.7. The van der Waals surface area contributed by atoms with Crippen LogP contribution in [0.3, 0.4) is 0 Å². The van der Waals surface area contributed by atoms with Gasteiger partial charge in [0.25, 0.3) is 0 Å². The van der Waals surface area contributed by atoms with Crippen molar-refractivity contribution in [1.29, 1.82) is 0 Å². The van der Waals surface area contributed by atoms with Gasteiger partial charge in [0.2, 0.25) is 0 Å². The monoisotopic (exact) mass is 283 g/mol. The zero-order valence-corrected chi connectivity index (χ0v) is 12.0. The van der Waals surface area contributed by atoms with E-state index in [-0.39, 0.29) is 6.03 Å². The molecule has 0 aliphatic carbocycles. The summed E-state index contributed by atoms with van der Waals surface area (Å²) >= 11 is 1.58. The first-order valence-corrected chi connectivity index (χ1v) is 7.55. The average molecular weight is 283 g/mol. The summed E-state index contributed by atoms with van der Waals surface area (Å²) in [6, 6.07) is 3.93. The van der Waals surface area contributed by atoms with Gasteiger partial charge in [-0.1, -0.05) is 6.07 Å². The standard InChI is InChI=1S/C13H21N3O2S/c1-2-14-13(18)16-7-5-15(6-8-16)10-11(17)12-4-3-9-19-12/h3-4,9,11,17H,2,5-8,10H2,1H3,(H,14,18). The fourth-order valence-electron chi connectivity index (χ4n) is 2.21. The van der Waals surface area contributed by atoms with Gasteiger partial charge in [-0.2, -0.15) is 0 Å². The first-order chi connectivity index (χ1) is 9.20. The normalized spacial score (nSPS) is 18.3. The van der Waals surface area contributed by atoms with Crippen molar-refractivity contribution < 1.29 is 9.90 Å². The summed E-state index contributed by atoms with van der Waals surface area (Å²) in [5.41, 5.74) is 0. The SMILES string of the molecule is CCNC(=O)N1CCN(CC(O)c2cccs2)CC1. The highest BCUT2D eigenvalue weighted by Gasteiger charge is 2.22. The fourth-order valence-corrected chi connectivity index (χ4v) is 2.92. The molecule has 0 bridgehead atoms. The number of aliphatic hydroxyl groups excluding tert-OH is 1. The van der Waals surface area contributed by atoms with Crippen molar-refractivity contribution in [3.63, 3.8) is 0 Å². The summed E-state index contributed by atoms with van der Waals surface area (Å²) in [6.45, 7) is 6.32. The summed E-state index contributed by atoms with van der Waals surface area (Å²) in [4.78, 5) is 16.7. The van der Waals surface area contributed by atoms with E-state index in [0.717, 1.165) is 31.1 Å². The molecule has 2 amide bonds. The molecule has 1 atom stereocenters. The molecule has 0 radical (unpaired) electrons. The van der Waals surface area contributed by atoms with Crippen LogP contribution >= 0.6 is 11.3 Å². The molecule has 19 heavy (non-hydrogen) atoms. The molecule has 1 aromatic rings. The number of thiophene rings is 1. The van der Waals surface area contributed by atoms with Crippen LogP contribution in [-0.2, 0) is 0 Å². The predicted molar refractivity (Wildman–Crippen MR) is 76.4 cm³/mol. The molecule has 2 rings (SSSR count). The number of hydrogen-bond donors (Lipinski definition) is 2.